The summed E-state index contributed by atoms with van der Waals surface area (Å²) in [5.74, 6) is -0.0161. The zero-order valence-corrected chi connectivity index (χ0v) is 14.1. The van der Waals surface area contributed by atoms with Gasteiger partial charge < -0.3 is 15.7 Å². The van der Waals surface area contributed by atoms with Gasteiger partial charge in [0, 0.05) is 26.1 Å². The fraction of sp³-hybridized carbons (Fsp3) is 0.312. The van der Waals surface area contributed by atoms with Gasteiger partial charge in [-0.25, -0.2) is 4.79 Å². The van der Waals surface area contributed by atoms with E-state index in [0.29, 0.717) is 17.7 Å². The molecule has 0 radical (unpaired) electrons. The van der Waals surface area contributed by atoms with Crippen molar-refractivity contribution < 1.29 is 9.90 Å². The molecule has 0 bridgehead atoms. The maximum Gasteiger partial charge on any atom is 0.319 e. The number of nitrogens with one attached hydrogen (secondary N) is 2. The Kier molecular flexibility index (Phi) is 5.07. The van der Waals surface area contributed by atoms with Gasteiger partial charge in [-0.05, 0) is 40.9 Å². The van der Waals surface area contributed by atoms with Gasteiger partial charge >= 0.3 is 6.03 Å². The van der Waals surface area contributed by atoms with E-state index in [9.17, 15) is 9.90 Å². The topological polar surface area (TPSA) is 92.1 Å². The van der Waals surface area contributed by atoms with Gasteiger partial charge in [0.2, 0.25) is 0 Å². The summed E-state index contributed by atoms with van der Waals surface area (Å²) in [6, 6.07) is 7.15. The first-order valence-corrected chi connectivity index (χ1v) is 8.57. The number of aliphatic hydroxyl groups excluding tert-OH is 1. The van der Waals surface area contributed by atoms with E-state index in [1.165, 1.54) is 10.4 Å². The number of aromatic nitrogens is 3. The van der Waals surface area contributed by atoms with Crippen molar-refractivity contribution in [2.75, 3.05) is 18.5 Å². The smallest absolute Gasteiger partial charge is 0.319 e. The predicted octanol–water partition coefficient (Wildman–Crippen LogP) is 2.00. The molecule has 24 heavy (non-hydrogen) atoms. The Morgan fingerprint density at radius 3 is 3.00 bits per heavy atom. The normalized spacial score (nSPS) is 12.2. The fourth-order valence-corrected chi connectivity index (χ4v) is 3.17. The average Bonchev–Trinajstić information content (AvgIpc) is 3.20. The summed E-state index contributed by atoms with van der Waals surface area (Å²) in [6.45, 7) is 0.421. The van der Waals surface area contributed by atoms with Crippen LogP contribution >= 0.6 is 11.3 Å². The number of urea groups is 1. The van der Waals surface area contributed by atoms with E-state index in [-0.39, 0.29) is 18.6 Å². The molecule has 1 unspecified atom stereocenters. The average molecular weight is 345 g/mol. The molecule has 3 N–H and O–H groups in total. The van der Waals surface area contributed by atoms with Gasteiger partial charge in [-0.2, -0.15) is 26.3 Å². The maximum atomic E-state index is 12.1. The number of aliphatic hydroxyl groups is 1. The Bertz CT molecular complexity index is 815. The number of benzene rings is 1. The van der Waals surface area contributed by atoms with Crippen molar-refractivity contribution in [3.05, 3.63) is 40.6 Å². The van der Waals surface area contributed by atoms with Crippen LogP contribution in [0.3, 0.4) is 0 Å². The summed E-state index contributed by atoms with van der Waals surface area (Å²) in [6.07, 6.45) is 0.736. The lowest BCUT2D eigenvalue weighted by molar-refractivity contribution is 0.218. The molecule has 2 aromatic heterocycles. The molecule has 0 fully saturated rings. The van der Waals surface area contributed by atoms with Crippen LogP contribution in [0.15, 0.2) is 35.0 Å². The molecule has 1 aromatic carbocycles. The quantitative estimate of drug-likeness (QED) is 0.637. The minimum absolute atomic E-state index is 0.0161. The molecule has 126 valence electrons. The van der Waals surface area contributed by atoms with Crippen molar-refractivity contribution in [3.63, 3.8) is 0 Å². The van der Waals surface area contributed by atoms with Gasteiger partial charge in [0.05, 0.1) is 5.69 Å². The zero-order chi connectivity index (χ0) is 16.9. The Balaban J connectivity index is 1.58. The van der Waals surface area contributed by atoms with Gasteiger partial charge in [0.15, 0.2) is 0 Å². The minimum atomic E-state index is -0.322. The van der Waals surface area contributed by atoms with Crippen LogP contribution < -0.4 is 10.6 Å². The number of anilines is 1. The minimum Gasteiger partial charge on any atom is -0.396 e. The first-order valence-electron chi connectivity index (χ1n) is 7.62. The molecule has 1 atom stereocenters. The molecule has 3 rings (SSSR count). The van der Waals surface area contributed by atoms with Crippen LogP contribution in [0.25, 0.3) is 11.0 Å². The standard InChI is InChI=1S/C16H19N5O2S/c1-21-19-14-4-2-3-13(15(14)20-21)18-16(23)17-8-12(9-22)7-11-5-6-24-10-11/h2-6,10,12,22H,7-9H2,1H3,(H2,17,18,23). The molecule has 0 aliphatic carbocycles. The molecule has 0 saturated heterocycles. The molecular formula is C16H19N5O2S. The van der Waals surface area contributed by atoms with Crippen LogP contribution in [0.4, 0.5) is 10.5 Å². The lowest BCUT2D eigenvalue weighted by Gasteiger charge is -2.15. The number of thiophene rings is 1. The molecule has 2 heterocycles. The van der Waals surface area contributed by atoms with Crippen molar-refractivity contribution in [2.45, 2.75) is 6.42 Å². The third-order valence-electron chi connectivity index (χ3n) is 3.67. The molecule has 2 amide bonds. The fourth-order valence-electron chi connectivity index (χ4n) is 2.49. The number of carbonyl (C=O) groups is 1. The Morgan fingerprint density at radius 2 is 2.25 bits per heavy atom. The lowest BCUT2D eigenvalue weighted by atomic mass is 10.0. The Morgan fingerprint density at radius 1 is 1.38 bits per heavy atom. The van der Waals surface area contributed by atoms with E-state index in [0.717, 1.165) is 11.9 Å². The van der Waals surface area contributed by atoms with E-state index in [1.54, 1.807) is 24.5 Å². The predicted molar refractivity (Wildman–Crippen MR) is 94.1 cm³/mol. The number of aryl methyl sites for hydroxylation is 1. The highest BCUT2D eigenvalue weighted by molar-refractivity contribution is 7.07. The van der Waals surface area contributed by atoms with E-state index >= 15 is 0 Å². The third-order valence-corrected chi connectivity index (χ3v) is 4.41. The number of rotatable bonds is 6. The monoisotopic (exact) mass is 345 g/mol. The summed E-state index contributed by atoms with van der Waals surface area (Å²) in [5.41, 5.74) is 3.15. The van der Waals surface area contributed by atoms with E-state index in [2.05, 4.69) is 26.2 Å². The molecular weight excluding hydrogens is 326 g/mol. The second-order valence-electron chi connectivity index (χ2n) is 5.58. The highest BCUT2D eigenvalue weighted by atomic mass is 32.1. The molecule has 7 nitrogen and oxygen atoms in total. The van der Waals surface area contributed by atoms with E-state index in [1.807, 2.05) is 23.6 Å². The first-order chi connectivity index (χ1) is 11.7. The summed E-state index contributed by atoms with van der Waals surface area (Å²) >= 11 is 1.63. The van der Waals surface area contributed by atoms with E-state index in [4.69, 9.17) is 0 Å². The van der Waals surface area contributed by atoms with Crippen LogP contribution in [0.5, 0.6) is 0 Å². The summed E-state index contributed by atoms with van der Waals surface area (Å²) in [5, 5.41) is 27.6. The van der Waals surface area contributed by atoms with Crippen LogP contribution in [-0.2, 0) is 13.5 Å². The second kappa shape index (κ2) is 7.41. The van der Waals surface area contributed by atoms with Crippen molar-refractivity contribution in [3.8, 4) is 0 Å². The van der Waals surface area contributed by atoms with Crippen LogP contribution in [0.2, 0.25) is 0 Å². The second-order valence-corrected chi connectivity index (χ2v) is 6.36. The Hall–Kier alpha value is -2.45. The molecule has 0 aliphatic rings. The van der Waals surface area contributed by atoms with Crippen molar-refractivity contribution in [2.24, 2.45) is 13.0 Å². The molecule has 0 aliphatic heterocycles. The number of carbonyl (C=O) groups excluding carboxylic acids is 1. The van der Waals surface area contributed by atoms with Gasteiger partial charge in [0.25, 0.3) is 0 Å². The summed E-state index contributed by atoms with van der Waals surface area (Å²) in [7, 11) is 1.74. The third kappa shape index (κ3) is 3.90. The van der Waals surface area contributed by atoms with Crippen LogP contribution in [0.1, 0.15) is 5.56 Å². The summed E-state index contributed by atoms with van der Waals surface area (Å²) in [4.78, 5) is 13.6. The largest absolute Gasteiger partial charge is 0.396 e. The van der Waals surface area contributed by atoms with E-state index < -0.39 is 0 Å². The van der Waals surface area contributed by atoms with Gasteiger partial charge in [-0.1, -0.05) is 6.07 Å². The first kappa shape index (κ1) is 16.4. The number of nitrogens with zero attached hydrogens (tertiary/aromatic N) is 3. The number of hydrogen-bond acceptors (Lipinski definition) is 5. The molecule has 8 heteroatoms. The molecule has 0 spiro atoms. The van der Waals surface area contributed by atoms with Crippen molar-refractivity contribution in [1.82, 2.24) is 20.3 Å². The number of hydrogen-bond donors (Lipinski definition) is 3. The van der Waals surface area contributed by atoms with Gasteiger partial charge in [-0.15, -0.1) is 0 Å². The highest BCUT2D eigenvalue weighted by Gasteiger charge is 2.13. The molecule has 3 aromatic rings. The summed E-state index contributed by atoms with van der Waals surface area (Å²) < 4.78 is 0. The number of amides is 2. The highest BCUT2D eigenvalue weighted by Crippen LogP contribution is 2.19. The van der Waals surface area contributed by atoms with Gasteiger partial charge in [-0.3, -0.25) is 0 Å². The van der Waals surface area contributed by atoms with Crippen LogP contribution in [0, 0.1) is 5.92 Å². The Labute approximate surface area is 143 Å². The van der Waals surface area contributed by atoms with Crippen LogP contribution in [-0.4, -0.2) is 39.3 Å². The lowest BCUT2D eigenvalue weighted by Crippen LogP contribution is -2.35. The van der Waals surface area contributed by atoms with Gasteiger partial charge in [0.1, 0.15) is 11.0 Å². The maximum absolute atomic E-state index is 12.1. The zero-order valence-electron chi connectivity index (χ0n) is 13.3. The SMILES string of the molecule is Cn1nc2cccc(NC(=O)NCC(CO)Cc3ccsc3)c2n1. The number of fused-ring (bicyclic) bond motifs is 1. The van der Waals surface area contributed by atoms with Crippen molar-refractivity contribution in [1.29, 1.82) is 0 Å². The van der Waals surface area contributed by atoms with Crippen molar-refractivity contribution >= 4 is 34.1 Å². The molecule has 0 saturated carbocycles.